The molecule has 0 fully saturated rings. The molecule has 0 radical (unpaired) electrons. The molecule has 0 saturated heterocycles. The van der Waals surface area contributed by atoms with Gasteiger partial charge in [0.15, 0.2) is 5.54 Å². The van der Waals surface area contributed by atoms with E-state index in [9.17, 15) is 19.3 Å². The first-order valence-corrected chi connectivity index (χ1v) is 11.9. The number of fused-ring (bicyclic) bond motifs is 1. The van der Waals surface area contributed by atoms with Crippen molar-refractivity contribution >= 4 is 25.3 Å². The lowest BCUT2D eigenvalue weighted by molar-refractivity contribution is -0.143. The van der Waals surface area contributed by atoms with E-state index in [1.165, 1.54) is 4.90 Å². The van der Waals surface area contributed by atoms with Crippen LogP contribution in [0.1, 0.15) is 59.1 Å². The van der Waals surface area contributed by atoms with E-state index in [0.29, 0.717) is 16.8 Å². The van der Waals surface area contributed by atoms with Crippen molar-refractivity contribution < 1.29 is 33.0 Å². The molecule has 1 N–H and O–H groups in total. The Bertz CT molecular complexity index is 838. The predicted octanol–water partition coefficient (Wildman–Crippen LogP) is 4.98. The third-order valence-corrected chi connectivity index (χ3v) is 6.94. The Labute approximate surface area is 178 Å². The van der Waals surface area contributed by atoms with Crippen LogP contribution >= 0.6 is 7.60 Å². The third kappa shape index (κ3) is 5.05. The molecular formula is C21H32NO7P. The zero-order valence-electron chi connectivity index (χ0n) is 18.6. The largest absolute Gasteiger partial charge is 0.479 e. The van der Waals surface area contributed by atoms with Gasteiger partial charge in [-0.25, -0.2) is 9.59 Å². The molecule has 168 valence electrons. The molecule has 1 unspecified atom stereocenters. The van der Waals surface area contributed by atoms with Crippen molar-refractivity contribution in [1.29, 1.82) is 0 Å². The van der Waals surface area contributed by atoms with Gasteiger partial charge in [-0.15, -0.1) is 0 Å². The molecule has 9 heteroatoms. The zero-order chi connectivity index (χ0) is 22.7. The summed E-state index contributed by atoms with van der Waals surface area (Å²) in [5.74, 6) is -1.09. The van der Waals surface area contributed by atoms with Gasteiger partial charge >= 0.3 is 19.7 Å². The first-order valence-electron chi connectivity index (χ1n) is 10.2. The maximum atomic E-state index is 12.9. The summed E-state index contributed by atoms with van der Waals surface area (Å²) in [4.78, 5) is 26.4. The molecule has 30 heavy (non-hydrogen) atoms. The Morgan fingerprint density at radius 3 is 2.23 bits per heavy atom. The number of ether oxygens (including phenoxy) is 1. The molecule has 0 spiro atoms. The van der Waals surface area contributed by atoms with E-state index in [1.807, 2.05) is 0 Å². The molecule has 2 rings (SSSR count). The van der Waals surface area contributed by atoms with Crippen LogP contribution in [0.5, 0.6) is 0 Å². The highest BCUT2D eigenvalue weighted by atomic mass is 31.2. The number of carboxylic acid groups (broad SMARTS) is 1. The van der Waals surface area contributed by atoms with Crippen molar-refractivity contribution in [3.8, 4) is 0 Å². The van der Waals surface area contributed by atoms with Gasteiger partial charge in [0, 0.05) is 6.42 Å². The fraction of sp³-hybridized carbons (Fsp3) is 0.619. The zero-order valence-corrected chi connectivity index (χ0v) is 19.5. The number of hydrogen-bond acceptors (Lipinski definition) is 6. The normalized spacial score (nSPS) is 18.9. The van der Waals surface area contributed by atoms with Gasteiger partial charge in [-0.1, -0.05) is 19.1 Å². The summed E-state index contributed by atoms with van der Waals surface area (Å²) in [6.07, 6.45) is -0.287. The SMILES string of the molecule is CCOP(=O)(Cc1ccc2c(c1)CC(CC)(C(=O)O)N2C(=O)OC(C)(C)C)OCC. The Balaban J connectivity index is 2.46. The third-order valence-electron chi connectivity index (χ3n) is 4.88. The molecule has 1 aliphatic rings. The van der Waals surface area contributed by atoms with E-state index in [1.54, 1.807) is 59.7 Å². The number of hydrogen-bond donors (Lipinski definition) is 1. The van der Waals surface area contributed by atoms with Crippen molar-refractivity contribution in [2.45, 2.75) is 71.7 Å². The maximum Gasteiger partial charge on any atom is 0.415 e. The van der Waals surface area contributed by atoms with E-state index in [-0.39, 0.29) is 32.2 Å². The Morgan fingerprint density at radius 1 is 1.17 bits per heavy atom. The van der Waals surface area contributed by atoms with Crippen LogP contribution in [0.2, 0.25) is 0 Å². The fourth-order valence-electron chi connectivity index (χ4n) is 3.65. The summed E-state index contributed by atoms with van der Waals surface area (Å²) in [5.41, 5.74) is -0.339. The summed E-state index contributed by atoms with van der Waals surface area (Å²) in [6, 6.07) is 5.17. The number of anilines is 1. The monoisotopic (exact) mass is 441 g/mol. The Kier molecular flexibility index (Phi) is 7.38. The maximum absolute atomic E-state index is 12.9. The van der Waals surface area contributed by atoms with Gasteiger partial charge in [0.05, 0.1) is 25.1 Å². The predicted molar refractivity (Wildman–Crippen MR) is 114 cm³/mol. The minimum Gasteiger partial charge on any atom is -0.479 e. The van der Waals surface area contributed by atoms with E-state index < -0.39 is 30.8 Å². The lowest BCUT2D eigenvalue weighted by Crippen LogP contribution is -2.56. The Morgan fingerprint density at radius 2 is 1.77 bits per heavy atom. The number of benzene rings is 1. The first kappa shape index (κ1) is 24.4. The topological polar surface area (TPSA) is 102 Å². The average molecular weight is 441 g/mol. The van der Waals surface area contributed by atoms with Crippen LogP contribution in [0.15, 0.2) is 18.2 Å². The molecule has 0 saturated carbocycles. The second-order valence-electron chi connectivity index (χ2n) is 8.25. The minimum atomic E-state index is -3.31. The van der Waals surface area contributed by atoms with Gasteiger partial charge < -0.3 is 18.9 Å². The molecule has 8 nitrogen and oxygen atoms in total. The summed E-state index contributed by atoms with van der Waals surface area (Å²) < 4.78 is 29.1. The average Bonchev–Trinajstić information content (AvgIpc) is 2.95. The highest BCUT2D eigenvalue weighted by molar-refractivity contribution is 7.53. The van der Waals surface area contributed by atoms with Crippen molar-refractivity contribution in [1.82, 2.24) is 0 Å². The van der Waals surface area contributed by atoms with Gasteiger partial charge in [0.2, 0.25) is 0 Å². The second-order valence-corrected chi connectivity index (χ2v) is 10.3. The quantitative estimate of drug-likeness (QED) is 0.567. The number of carbonyl (C=O) groups is 2. The number of carbonyl (C=O) groups excluding carboxylic acids is 1. The standard InChI is InChI=1S/C21H32NO7P/c1-7-21(18(23)24)13-16-12-15(14-30(26,27-8-2)28-9-3)10-11-17(16)22(21)19(25)29-20(4,5)6/h10-12H,7-9,13-14H2,1-6H3,(H,23,24). The molecule has 1 aromatic rings. The van der Waals surface area contributed by atoms with E-state index >= 15 is 0 Å². The van der Waals surface area contributed by atoms with Crippen LogP contribution in [0.4, 0.5) is 10.5 Å². The summed E-state index contributed by atoms with van der Waals surface area (Å²) >= 11 is 0. The smallest absolute Gasteiger partial charge is 0.415 e. The first-order chi connectivity index (χ1) is 13.9. The number of amides is 1. The van der Waals surface area contributed by atoms with Gasteiger partial charge in [-0.2, -0.15) is 0 Å². The minimum absolute atomic E-state index is 0.0700. The van der Waals surface area contributed by atoms with Crippen LogP contribution in [0.25, 0.3) is 0 Å². The lowest BCUT2D eigenvalue weighted by atomic mass is 9.91. The molecule has 1 heterocycles. The van der Waals surface area contributed by atoms with Crippen LogP contribution in [0, 0.1) is 0 Å². The number of aliphatic carboxylic acids is 1. The van der Waals surface area contributed by atoms with Crippen LogP contribution in [-0.2, 0) is 35.7 Å². The highest BCUT2D eigenvalue weighted by Crippen LogP contribution is 2.52. The van der Waals surface area contributed by atoms with Crippen molar-refractivity contribution in [3.05, 3.63) is 29.3 Å². The van der Waals surface area contributed by atoms with Gasteiger partial charge in [0.1, 0.15) is 5.60 Å². The molecule has 1 aliphatic heterocycles. The fourth-order valence-corrected chi connectivity index (χ4v) is 5.34. The van der Waals surface area contributed by atoms with Crippen LogP contribution in [-0.4, -0.2) is 41.5 Å². The summed E-state index contributed by atoms with van der Waals surface area (Å²) in [7, 11) is -3.31. The van der Waals surface area contributed by atoms with E-state index in [0.717, 1.165) is 0 Å². The van der Waals surface area contributed by atoms with Crippen molar-refractivity contribution in [3.63, 3.8) is 0 Å². The van der Waals surface area contributed by atoms with E-state index in [2.05, 4.69) is 0 Å². The highest BCUT2D eigenvalue weighted by Gasteiger charge is 2.53. The van der Waals surface area contributed by atoms with Crippen molar-refractivity contribution in [2.75, 3.05) is 18.1 Å². The summed E-state index contributed by atoms with van der Waals surface area (Å²) in [5, 5.41) is 10.0. The van der Waals surface area contributed by atoms with E-state index in [4.69, 9.17) is 13.8 Å². The molecule has 1 atom stereocenters. The van der Waals surface area contributed by atoms with Crippen LogP contribution < -0.4 is 4.90 Å². The second kappa shape index (κ2) is 9.08. The van der Waals surface area contributed by atoms with Gasteiger partial charge in [-0.05, 0) is 58.2 Å². The summed E-state index contributed by atoms with van der Waals surface area (Å²) in [6.45, 7) is 10.9. The molecule has 1 aromatic carbocycles. The molecule has 0 bridgehead atoms. The van der Waals surface area contributed by atoms with Crippen LogP contribution in [0.3, 0.4) is 0 Å². The number of carboxylic acids is 1. The van der Waals surface area contributed by atoms with Crippen molar-refractivity contribution in [2.24, 2.45) is 0 Å². The lowest BCUT2D eigenvalue weighted by Gasteiger charge is -2.35. The Hall–Kier alpha value is -1.89. The van der Waals surface area contributed by atoms with Gasteiger partial charge in [-0.3, -0.25) is 9.46 Å². The van der Waals surface area contributed by atoms with Gasteiger partial charge in [0.25, 0.3) is 0 Å². The number of nitrogens with zero attached hydrogens (tertiary/aromatic N) is 1. The molecule has 0 aromatic heterocycles. The molecule has 0 aliphatic carbocycles. The number of rotatable bonds is 8. The molecule has 1 amide bonds. The molecular weight excluding hydrogens is 409 g/mol.